The summed E-state index contributed by atoms with van der Waals surface area (Å²) in [5.41, 5.74) is 2.20. The second-order valence-electron chi connectivity index (χ2n) is 2.59. The Morgan fingerprint density at radius 3 is 2.10 bits per heavy atom. The molecule has 1 aromatic rings. The number of hydrogen-bond acceptors (Lipinski definition) is 1. The Morgan fingerprint density at radius 2 is 1.70 bits per heavy atom. The highest BCUT2D eigenvalue weighted by molar-refractivity contribution is 5.22. The molecule has 1 N–H and O–H groups in total. The molecule has 0 saturated heterocycles. The van der Waals surface area contributed by atoms with Crippen LogP contribution in [-0.2, 0) is 0 Å². The zero-order valence-corrected chi connectivity index (χ0v) is 6.33. The maximum atomic E-state index is 9.11. The lowest BCUT2D eigenvalue weighted by atomic mass is 10.1. The summed E-state index contributed by atoms with van der Waals surface area (Å²) in [6.45, 7) is 3.80. The fourth-order valence-corrected chi connectivity index (χ4v) is 0.845. The molecule has 1 rings (SSSR count). The predicted octanol–water partition coefficient (Wildman–Crippen LogP) is 2.05. The largest absolute Gasteiger partial charge is 0.389 e. The van der Waals surface area contributed by atoms with Gasteiger partial charge in [-0.3, -0.25) is 0 Å². The predicted molar refractivity (Wildman–Crippen MR) is 41.8 cm³/mol. The lowest BCUT2D eigenvalue weighted by Crippen LogP contribution is -1.89. The molecule has 54 valence electrons. The smallest absolute Gasteiger partial charge is 0.0761 e. The van der Waals surface area contributed by atoms with E-state index in [-0.39, 0.29) is 6.10 Å². The molecule has 0 aliphatic rings. The van der Waals surface area contributed by atoms with Crippen LogP contribution >= 0.6 is 0 Å². The number of aliphatic hydroxyl groups excluding tert-OH is 1. The van der Waals surface area contributed by atoms with Gasteiger partial charge in [-0.05, 0) is 19.4 Å². The first-order valence-corrected chi connectivity index (χ1v) is 3.45. The molecule has 0 spiro atoms. The minimum absolute atomic E-state index is 0.347. The van der Waals surface area contributed by atoms with Gasteiger partial charge in [-0.15, -0.1) is 0 Å². The fourth-order valence-electron chi connectivity index (χ4n) is 0.845. The summed E-state index contributed by atoms with van der Waals surface area (Å²) in [6.07, 6.45) is -0.347. The molecule has 0 amide bonds. The summed E-state index contributed by atoms with van der Waals surface area (Å²) in [7, 11) is 0. The van der Waals surface area contributed by atoms with Gasteiger partial charge < -0.3 is 5.11 Å². The van der Waals surface area contributed by atoms with Crippen LogP contribution < -0.4 is 0 Å². The van der Waals surface area contributed by atoms with Gasteiger partial charge in [-0.2, -0.15) is 0 Å². The molecule has 0 radical (unpaired) electrons. The van der Waals surface area contributed by atoms with Gasteiger partial charge in [-0.25, -0.2) is 0 Å². The van der Waals surface area contributed by atoms with Crippen LogP contribution in [0.15, 0.2) is 24.3 Å². The zero-order valence-electron chi connectivity index (χ0n) is 6.33. The molecule has 1 atom stereocenters. The SMILES string of the molecule is Cc1ccc([C@@H](C)O)cc1. The molecule has 0 bridgehead atoms. The van der Waals surface area contributed by atoms with Gasteiger partial charge in [-0.1, -0.05) is 29.8 Å². The number of rotatable bonds is 1. The summed E-state index contributed by atoms with van der Waals surface area (Å²) >= 11 is 0. The highest BCUT2D eigenvalue weighted by Crippen LogP contribution is 2.11. The Balaban J connectivity index is 2.89. The number of aryl methyl sites for hydroxylation is 1. The van der Waals surface area contributed by atoms with Crippen LogP contribution in [-0.4, -0.2) is 5.11 Å². The van der Waals surface area contributed by atoms with Crippen LogP contribution in [0.5, 0.6) is 0 Å². The van der Waals surface area contributed by atoms with Crippen LogP contribution in [0.25, 0.3) is 0 Å². The lowest BCUT2D eigenvalue weighted by molar-refractivity contribution is 0.199. The van der Waals surface area contributed by atoms with E-state index in [0.717, 1.165) is 5.56 Å². The lowest BCUT2D eigenvalue weighted by Gasteiger charge is -2.02. The molecular formula is C9H12O. The van der Waals surface area contributed by atoms with E-state index in [2.05, 4.69) is 0 Å². The van der Waals surface area contributed by atoms with Gasteiger partial charge in [0.05, 0.1) is 6.10 Å². The monoisotopic (exact) mass is 136 g/mol. The van der Waals surface area contributed by atoms with Crippen molar-refractivity contribution < 1.29 is 5.11 Å². The summed E-state index contributed by atoms with van der Waals surface area (Å²) in [6, 6.07) is 7.89. The van der Waals surface area contributed by atoms with Gasteiger partial charge in [0.15, 0.2) is 0 Å². The van der Waals surface area contributed by atoms with Crippen molar-refractivity contribution in [2.24, 2.45) is 0 Å². The van der Waals surface area contributed by atoms with Crippen LogP contribution in [0.1, 0.15) is 24.2 Å². The fraction of sp³-hybridized carbons (Fsp3) is 0.333. The molecule has 1 nitrogen and oxygen atoms in total. The van der Waals surface area contributed by atoms with E-state index in [0.29, 0.717) is 0 Å². The first kappa shape index (κ1) is 7.29. The first-order valence-electron chi connectivity index (χ1n) is 3.45. The van der Waals surface area contributed by atoms with Gasteiger partial charge in [0.1, 0.15) is 0 Å². The molecule has 0 heterocycles. The van der Waals surface area contributed by atoms with E-state index in [1.54, 1.807) is 6.92 Å². The molecule has 1 aromatic carbocycles. The Morgan fingerprint density at radius 1 is 1.20 bits per heavy atom. The minimum atomic E-state index is -0.347. The van der Waals surface area contributed by atoms with Crippen molar-refractivity contribution in [3.8, 4) is 0 Å². The third kappa shape index (κ3) is 1.58. The molecule has 0 unspecified atom stereocenters. The third-order valence-electron chi connectivity index (χ3n) is 1.56. The van der Waals surface area contributed by atoms with Crippen LogP contribution in [0.2, 0.25) is 0 Å². The third-order valence-corrected chi connectivity index (χ3v) is 1.56. The summed E-state index contributed by atoms with van der Waals surface area (Å²) in [5, 5.41) is 9.11. The Hall–Kier alpha value is -0.820. The second-order valence-corrected chi connectivity index (χ2v) is 2.59. The van der Waals surface area contributed by atoms with Crippen molar-refractivity contribution in [3.63, 3.8) is 0 Å². The highest BCUT2D eigenvalue weighted by atomic mass is 16.3. The van der Waals surface area contributed by atoms with E-state index in [9.17, 15) is 0 Å². The first-order chi connectivity index (χ1) is 4.70. The van der Waals surface area contributed by atoms with Crippen LogP contribution in [0, 0.1) is 6.92 Å². The van der Waals surface area contributed by atoms with E-state index in [1.807, 2.05) is 31.2 Å². The maximum Gasteiger partial charge on any atom is 0.0761 e. The average Bonchev–Trinajstić information content (AvgIpc) is 1.88. The molecule has 0 saturated carbocycles. The summed E-state index contributed by atoms with van der Waals surface area (Å²) in [4.78, 5) is 0. The molecule has 10 heavy (non-hydrogen) atoms. The van der Waals surface area contributed by atoms with Crippen molar-refractivity contribution in [2.75, 3.05) is 0 Å². The second kappa shape index (κ2) is 2.84. The quantitative estimate of drug-likeness (QED) is 0.626. The topological polar surface area (TPSA) is 20.2 Å². The zero-order chi connectivity index (χ0) is 7.56. The van der Waals surface area contributed by atoms with Crippen molar-refractivity contribution in [1.82, 2.24) is 0 Å². The highest BCUT2D eigenvalue weighted by Gasteiger charge is 1.96. The van der Waals surface area contributed by atoms with Crippen molar-refractivity contribution in [3.05, 3.63) is 35.4 Å². The average molecular weight is 136 g/mol. The molecule has 0 aliphatic heterocycles. The Bertz CT molecular complexity index is 198. The molecule has 0 aromatic heterocycles. The van der Waals surface area contributed by atoms with Crippen molar-refractivity contribution >= 4 is 0 Å². The summed E-state index contributed by atoms with van der Waals surface area (Å²) < 4.78 is 0. The Labute approximate surface area is 61.3 Å². The minimum Gasteiger partial charge on any atom is -0.389 e. The van der Waals surface area contributed by atoms with Crippen molar-refractivity contribution in [1.29, 1.82) is 0 Å². The van der Waals surface area contributed by atoms with Gasteiger partial charge in [0.2, 0.25) is 0 Å². The summed E-state index contributed by atoms with van der Waals surface area (Å²) in [5.74, 6) is 0. The molecule has 0 fully saturated rings. The van der Waals surface area contributed by atoms with E-state index >= 15 is 0 Å². The van der Waals surface area contributed by atoms with Crippen LogP contribution in [0.3, 0.4) is 0 Å². The van der Waals surface area contributed by atoms with Gasteiger partial charge >= 0.3 is 0 Å². The molecular weight excluding hydrogens is 124 g/mol. The maximum absolute atomic E-state index is 9.11. The van der Waals surface area contributed by atoms with E-state index < -0.39 is 0 Å². The molecule has 0 aliphatic carbocycles. The normalized spacial score (nSPS) is 13.1. The number of benzene rings is 1. The standard InChI is InChI=1S/C9H12O/c1-7-3-5-9(6-4-7)8(2)10/h3-6,8,10H,1-2H3/t8-/m1/s1. The van der Waals surface area contributed by atoms with Crippen molar-refractivity contribution in [2.45, 2.75) is 20.0 Å². The van der Waals surface area contributed by atoms with Gasteiger partial charge in [0, 0.05) is 0 Å². The van der Waals surface area contributed by atoms with Crippen LogP contribution in [0.4, 0.5) is 0 Å². The van der Waals surface area contributed by atoms with E-state index in [1.165, 1.54) is 5.56 Å². The Kier molecular flexibility index (Phi) is 2.07. The van der Waals surface area contributed by atoms with Gasteiger partial charge in [0.25, 0.3) is 0 Å². The molecule has 1 heteroatoms. The number of aliphatic hydroxyl groups is 1. The number of hydrogen-bond donors (Lipinski definition) is 1. The van der Waals surface area contributed by atoms with E-state index in [4.69, 9.17) is 5.11 Å².